The van der Waals surface area contributed by atoms with E-state index in [1.54, 1.807) is 0 Å². The third kappa shape index (κ3) is 6.66. The molecule has 10 rings (SSSR count). The number of hydrogen-bond donors (Lipinski definition) is 0. The zero-order valence-electron chi connectivity index (χ0n) is 41.7. The van der Waals surface area contributed by atoms with E-state index in [2.05, 4.69) is 247 Å². The molecule has 7 aromatic carbocycles. The van der Waals surface area contributed by atoms with Gasteiger partial charge in [-0.2, -0.15) is 0 Å². The fourth-order valence-electron chi connectivity index (χ4n) is 11.5. The number of fused-ring (bicyclic) bond motifs is 6. The summed E-state index contributed by atoms with van der Waals surface area (Å²) in [7, 11) is 0. The number of hydrogen-bond acceptors (Lipinski definition) is 2. The second-order valence-electron chi connectivity index (χ2n) is 23.7. The minimum absolute atomic E-state index is 0.00459. The van der Waals surface area contributed by atoms with Crippen LogP contribution in [-0.4, -0.2) is 6.71 Å². The van der Waals surface area contributed by atoms with Crippen molar-refractivity contribution in [2.75, 3.05) is 9.80 Å². The summed E-state index contributed by atoms with van der Waals surface area (Å²) in [5, 5.41) is 0. The fourth-order valence-corrected chi connectivity index (χ4v) is 11.5. The van der Waals surface area contributed by atoms with Gasteiger partial charge in [-0.1, -0.05) is 181 Å². The third-order valence-corrected chi connectivity index (χ3v) is 15.3. The number of rotatable bonds is 3. The number of nitrogens with zero attached hydrogens (tertiary/aromatic N) is 2. The van der Waals surface area contributed by atoms with E-state index in [0.717, 1.165) is 0 Å². The summed E-state index contributed by atoms with van der Waals surface area (Å²) in [4.78, 5) is 5.28. The van der Waals surface area contributed by atoms with Gasteiger partial charge >= 0.3 is 0 Å². The van der Waals surface area contributed by atoms with Crippen LogP contribution in [-0.2, 0) is 27.1 Å². The first-order valence-electron chi connectivity index (χ1n) is 24.0. The van der Waals surface area contributed by atoms with Gasteiger partial charge in [0.05, 0.1) is 5.69 Å². The Bertz CT molecular complexity index is 3070. The summed E-state index contributed by atoms with van der Waals surface area (Å²) in [5.41, 5.74) is 25.9. The molecule has 0 fully saturated rings. The lowest BCUT2D eigenvalue weighted by Crippen LogP contribution is -2.62. The van der Waals surface area contributed by atoms with Gasteiger partial charge < -0.3 is 9.80 Å². The molecule has 2 nitrogen and oxygen atoms in total. The van der Waals surface area contributed by atoms with Crippen molar-refractivity contribution in [1.82, 2.24) is 0 Å². The molecule has 0 spiro atoms. The summed E-state index contributed by atoms with van der Waals surface area (Å²) in [6, 6.07) is 52.4. The Kier molecular flexibility index (Phi) is 9.52. The fraction of sp³-hybridized carbons (Fsp3) is 0.323. The largest absolute Gasteiger partial charge is 0.311 e. The molecule has 2 aliphatic heterocycles. The maximum atomic E-state index is 2.67. The topological polar surface area (TPSA) is 6.48 Å². The molecule has 0 atom stereocenters. The molecule has 3 aliphatic rings. The molecule has 328 valence electrons. The van der Waals surface area contributed by atoms with Crippen LogP contribution in [0.1, 0.15) is 140 Å². The first-order chi connectivity index (χ1) is 30.5. The lowest BCUT2D eigenvalue weighted by atomic mass is 9.33. The van der Waals surface area contributed by atoms with Gasteiger partial charge in [-0.3, -0.25) is 0 Å². The molecule has 1 aliphatic carbocycles. The van der Waals surface area contributed by atoms with Crippen molar-refractivity contribution in [1.29, 1.82) is 0 Å². The van der Waals surface area contributed by atoms with Gasteiger partial charge in [-0.25, -0.2) is 0 Å². The molecule has 0 bridgehead atoms. The maximum absolute atomic E-state index is 2.67. The van der Waals surface area contributed by atoms with Crippen molar-refractivity contribution < 1.29 is 0 Å². The first-order valence-corrected chi connectivity index (χ1v) is 24.0. The summed E-state index contributed by atoms with van der Waals surface area (Å²) in [6.45, 7) is 35.4. The first kappa shape index (κ1) is 43.1. The van der Waals surface area contributed by atoms with Gasteiger partial charge in [-0.15, -0.1) is 0 Å². The third-order valence-electron chi connectivity index (χ3n) is 15.3. The normalized spacial score (nSPS) is 15.8. The van der Waals surface area contributed by atoms with Crippen LogP contribution < -0.4 is 26.2 Å². The Morgan fingerprint density at radius 1 is 0.400 bits per heavy atom. The number of benzene rings is 7. The zero-order chi connectivity index (χ0) is 46.3. The van der Waals surface area contributed by atoms with Crippen LogP contribution >= 0.6 is 0 Å². The second kappa shape index (κ2) is 14.4. The van der Waals surface area contributed by atoms with E-state index in [1.807, 2.05) is 0 Å². The van der Waals surface area contributed by atoms with Crippen molar-refractivity contribution in [3.63, 3.8) is 0 Å². The average molecular weight is 851 g/mol. The quantitative estimate of drug-likeness (QED) is 0.163. The molecule has 0 N–H and O–H groups in total. The SMILES string of the molecule is Cc1cc2c3c(c1)N(c1ccc(C(C)(C)C)cc1-c1ccccc1)c1cc4c(cc1B3c1cc(C(C)(C)C)ccc1N2c1ccc(C(C)(C)C)cc1C)C(C)(C)c1ccccc1C4(C)C. The molecule has 0 saturated carbocycles. The van der Waals surface area contributed by atoms with Gasteiger partial charge in [0.1, 0.15) is 0 Å². The Hall–Kier alpha value is -5.80. The minimum atomic E-state index is -0.212. The van der Waals surface area contributed by atoms with E-state index >= 15 is 0 Å². The smallest absolute Gasteiger partial charge is 0.252 e. The molecule has 65 heavy (non-hydrogen) atoms. The Morgan fingerprint density at radius 3 is 1.42 bits per heavy atom. The van der Waals surface area contributed by atoms with Gasteiger partial charge in [0.2, 0.25) is 0 Å². The van der Waals surface area contributed by atoms with E-state index in [1.165, 1.54) is 112 Å². The molecule has 0 radical (unpaired) electrons. The van der Waals surface area contributed by atoms with Crippen molar-refractivity contribution in [2.24, 2.45) is 0 Å². The standard InChI is InChI=1S/C62H67BN2/c1-38-31-55-57-56(32-38)65(52-29-26-42(59(6,7)8)34-44(52)40-21-17-16-18-22-40)54-37-48-47(61(12,13)45-23-19-20-24-46(45)62(48,14)15)36-50(54)63(57)49-35-43(60(9,10)11)27-30-53(49)64(55)51-28-25-41(33-39(51)2)58(3,4)5/h16-37H,1-15H3. The minimum Gasteiger partial charge on any atom is -0.311 e. The number of aryl methyl sites for hydroxylation is 2. The molecule has 3 heteroatoms. The van der Waals surface area contributed by atoms with Crippen molar-refractivity contribution in [2.45, 2.75) is 131 Å². The van der Waals surface area contributed by atoms with Crippen LogP contribution in [0.25, 0.3) is 11.1 Å². The van der Waals surface area contributed by atoms with Crippen molar-refractivity contribution in [3.05, 3.63) is 184 Å². The molecule has 0 unspecified atom stereocenters. The van der Waals surface area contributed by atoms with Gasteiger partial charge in [-0.05, 0) is 145 Å². The molecule has 0 aromatic heterocycles. The van der Waals surface area contributed by atoms with E-state index < -0.39 is 0 Å². The van der Waals surface area contributed by atoms with E-state index in [4.69, 9.17) is 0 Å². The molecule has 7 aromatic rings. The maximum Gasteiger partial charge on any atom is 0.252 e. The molecular formula is C62H67BN2. The lowest BCUT2D eigenvalue weighted by Gasteiger charge is -2.48. The van der Waals surface area contributed by atoms with Gasteiger partial charge in [0.25, 0.3) is 6.71 Å². The van der Waals surface area contributed by atoms with Gasteiger partial charge in [0, 0.05) is 44.8 Å². The van der Waals surface area contributed by atoms with Crippen LogP contribution in [0.15, 0.2) is 133 Å². The van der Waals surface area contributed by atoms with Crippen LogP contribution in [0.4, 0.5) is 34.1 Å². The van der Waals surface area contributed by atoms with Crippen molar-refractivity contribution >= 4 is 57.2 Å². The summed E-state index contributed by atoms with van der Waals surface area (Å²) in [5.74, 6) is 0. The number of anilines is 6. The summed E-state index contributed by atoms with van der Waals surface area (Å²) < 4.78 is 0. The predicted molar refractivity (Wildman–Crippen MR) is 282 cm³/mol. The van der Waals surface area contributed by atoms with Crippen LogP contribution in [0, 0.1) is 13.8 Å². The van der Waals surface area contributed by atoms with Crippen LogP contribution in [0.3, 0.4) is 0 Å². The lowest BCUT2D eigenvalue weighted by molar-refractivity contribution is 0.521. The highest BCUT2D eigenvalue weighted by Crippen LogP contribution is 2.54. The Balaban J connectivity index is 1.36. The van der Waals surface area contributed by atoms with Crippen molar-refractivity contribution in [3.8, 4) is 11.1 Å². The van der Waals surface area contributed by atoms with Gasteiger partial charge in [0.15, 0.2) is 0 Å². The molecule has 0 amide bonds. The molecule has 2 heterocycles. The highest BCUT2D eigenvalue weighted by Gasteiger charge is 2.48. The Labute approximate surface area is 390 Å². The van der Waals surface area contributed by atoms with Crippen LogP contribution in [0.5, 0.6) is 0 Å². The van der Waals surface area contributed by atoms with E-state index in [-0.39, 0.29) is 33.8 Å². The Morgan fingerprint density at radius 2 is 0.862 bits per heavy atom. The monoisotopic (exact) mass is 851 g/mol. The average Bonchev–Trinajstić information content (AvgIpc) is 3.24. The summed E-state index contributed by atoms with van der Waals surface area (Å²) >= 11 is 0. The highest BCUT2D eigenvalue weighted by atomic mass is 15.2. The van der Waals surface area contributed by atoms with E-state index in [9.17, 15) is 0 Å². The molecular weight excluding hydrogens is 784 g/mol. The second-order valence-corrected chi connectivity index (χ2v) is 23.7. The van der Waals surface area contributed by atoms with Crippen LogP contribution in [0.2, 0.25) is 0 Å². The van der Waals surface area contributed by atoms with E-state index in [0.29, 0.717) is 0 Å². The summed E-state index contributed by atoms with van der Waals surface area (Å²) in [6.07, 6.45) is 0. The highest BCUT2D eigenvalue weighted by molar-refractivity contribution is 7.00. The molecule has 0 saturated heterocycles. The zero-order valence-corrected chi connectivity index (χ0v) is 41.7. The predicted octanol–water partition coefficient (Wildman–Crippen LogP) is 14.9.